The summed E-state index contributed by atoms with van der Waals surface area (Å²) < 4.78 is 33.4. The summed E-state index contributed by atoms with van der Waals surface area (Å²) in [5.74, 6) is 1.29. The smallest absolute Gasteiger partial charge is 0.335 e. The average Bonchev–Trinajstić information content (AvgIpc) is 2.39. The lowest BCUT2D eigenvalue weighted by Crippen LogP contribution is -2.01. The standard InChI is InChI=1S/C13H21O5P/c1-5-17-19(14,18-6-2)10-11-7-8-12(15-3)9-13(11)16-4/h7-9H,5-6,10H2,1-4H3. The molecule has 0 aliphatic rings. The average molecular weight is 288 g/mol. The molecule has 0 aromatic heterocycles. The SMILES string of the molecule is CCOP(=O)(Cc1ccc(OC)cc1OC)OCC. The van der Waals surface area contributed by atoms with Gasteiger partial charge in [-0.25, -0.2) is 0 Å². The number of hydrogen-bond acceptors (Lipinski definition) is 5. The van der Waals surface area contributed by atoms with Crippen molar-refractivity contribution in [2.75, 3.05) is 27.4 Å². The minimum absolute atomic E-state index is 0.182. The summed E-state index contributed by atoms with van der Waals surface area (Å²) in [5.41, 5.74) is 0.772. The Morgan fingerprint density at radius 3 is 2.16 bits per heavy atom. The van der Waals surface area contributed by atoms with Crippen LogP contribution in [0, 0.1) is 0 Å². The number of ether oxygens (including phenoxy) is 2. The molecule has 0 bridgehead atoms. The minimum Gasteiger partial charge on any atom is -0.497 e. The molecule has 0 saturated heterocycles. The molecule has 0 atom stereocenters. The summed E-state index contributed by atoms with van der Waals surface area (Å²) in [6, 6.07) is 5.35. The quantitative estimate of drug-likeness (QED) is 0.685. The van der Waals surface area contributed by atoms with Crippen LogP contribution in [0.2, 0.25) is 0 Å². The number of methoxy groups -OCH3 is 2. The predicted octanol–water partition coefficient (Wildman–Crippen LogP) is 3.47. The zero-order valence-electron chi connectivity index (χ0n) is 11.8. The molecule has 1 aromatic carbocycles. The van der Waals surface area contributed by atoms with Gasteiger partial charge >= 0.3 is 7.60 Å². The van der Waals surface area contributed by atoms with Crippen LogP contribution in [0.25, 0.3) is 0 Å². The lowest BCUT2D eigenvalue weighted by Gasteiger charge is -2.18. The summed E-state index contributed by atoms with van der Waals surface area (Å²) in [5, 5.41) is 0. The fourth-order valence-electron chi connectivity index (χ4n) is 1.71. The summed E-state index contributed by atoms with van der Waals surface area (Å²) in [4.78, 5) is 0. The van der Waals surface area contributed by atoms with Crippen molar-refractivity contribution in [1.82, 2.24) is 0 Å². The molecule has 6 heteroatoms. The van der Waals surface area contributed by atoms with E-state index >= 15 is 0 Å². The Bertz CT molecular complexity index is 437. The summed E-state index contributed by atoms with van der Waals surface area (Å²) in [6.45, 7) is 4.26. The zero-order valence-corrected chi connectivity index (χ0v) is 12.7. The second-order valence-electron chi connectivity index (χ2n) is 3.78. The van der Waals surface area contributed by atoms with Crippen LogP contribution in [0.1, 0.15) is 19.4 Å². The van der Waals surface area contributed by atoms with E-state index in [-0.39, 0.29) is 6.16 Å². The Morgan fingerprint density at radius 1 is 1.05 bits per heavy atom. The van der Waals surface area contributed by atoms with Gasteiger partial charge in [-0.3, -0.25) is 4.57 Å². The number of rotatable bonds is 8. The van der Waals surface area contributed by atoms with Gasteiger partial charge in [-0.05, 0) is 19.9 Å². The Hall–Kier alpha value is -1.03. The molecule has 0 unspecified atom stereocenters. The van der Waals surface area contributed by atoms with E-state index in [2.05, 4.69) is 0 Å². The van der Waals surface area contributed by atoms with Crippen molar-refractivity contribution in [3.8, 4) is 11.5 Å². The van der Waals surface area contributed by atoms with Crippen LogP contribution in [0.4, 0.5) is 0 Å². The number of benzene rings is 1. The maximum absolute atomic E-state index is 12.5. The topological polar surface area (TPSA) is 54.0 Å². The van der Waals surface area contributed by atoms with E-state index in [9.17, 15) is 4.57 Å². The zero-order chi connectivity index (χ0) is 14.3. The Balaban J connectivity index is 2.99. The summed E-state index contributed by atoms with van der Waals surface area (Å²) >= 11 is 0. The molecule has 1 aromatic rings. The molecule has 0 amide bonds. The first kappa shape index (κ1) is 16.0. The third-order valence-electron chi connectivity index (χ3n) is 2.51. The van der Waals surface area contributed by atoms with Crippen LogP contribution in [0.15, 0.2) is 18.2 Å². The van der Waals surface area contributed by atoms with Crippen molar-refractivity contribution in [3.63, 3.8) is 0 Å². The van der Waals surface area contributed by atoms with Crippen molar-refractivity contribution in [2.45, 2.75) is 20.0 Å². The summed E-state index contributed by atoms with van der Waals surface area (Å²) in [6.07, 6.45) is 0.182. The minimum atomic E-state index is -3.13. The Kier molecular flexibility index (Phi) is 6.35. The lowest BCUT2D eigenvalue weighted by atomic mass is 10.2. The van der Waals surface area contributed by atoms with Crippen molar-refractivity contribution >= 4 is 7.60 Å². The third-order valence-corrected chi connectivity index (χ3v) is 4.54. The first-order valence-electron chi connectivity index (χ1n) is 6.17. The van der Waals surface area contributed by atoms with Crippen molar-refractivity contribution in [1.29, 1.82) is 0 Å². The molecule has 0 aliphatic carbocycles. The molecule has 108 valence electrons. The molecule has 0 radical (unpaired) electrons. The normalized spacial score (nSPS) is 11.4. The highest BCUT2D eigenvalue weighted by atomic mass is 31.2. The monoisotopic (exact) mass is 288 g/mol. The van der Waals surface area contributed by atoms with E-state index in [0.29, 0.717) is 24.7 Å². The Labute approximate surface area is 114 Å². The van der Waals surface area contributed by atoms with E-state index in [0.717, 1.165) is 5.56 Å². The fourth-order valence-corrected chi connectivity index (χ4v) is 3.44. The molecule has 0 aliphatic heterocycles. The van der Waals surface area contributed by atoms with Gasteiger partial charge in [0.25, 0.3) is 0 Å². The van der Waals surface area contributed by atoms with Gasteiger partial charge in [0.15, 0.2) is 0 Å². The van der Waals surface area contributed by atoms with E-state index < -0.39 is 7.60 Å². The Morgan fingerprint density at radius 2 is 1.68 bits per heavy atom. The van der Waals surface area contributed by atoms with Crippen molar-refractivity contribution in [2.24, 2.45) is 0 Å². The maximum Gasteiger partial charge on any atom is 0.335 e. The van der Waals surface area contributed by atoms with E-state index in [1.165, 1.54) is 0 Å². The van der Waals surface area contributed by atoms with Crippen LogP contribution in [0.5, 0.6) is 11.5 Å². The van der Waals surface area contributed by atoms with Crippen LogP contribution >= 0.6 is 7.60 Å². The van der Waals surface area contributed by atoms with Crippen LogP contribution in [-0.4, -0.2) is 27.4 Å². The van der Waals surface area contributed by atoms with Crippen molar-refractivity contribution in [3.05, 3.63) is 23.8 Å². The van der Waals surface area contributed by atoms with Gasteiger partial charge in [-0.1, -0.05) is 6.07 Å². The molecule has 0 heterocycles. The van der Waals surface area contributed by atoms with Gasteiger partial charge in [0.1, 0.15) is 11.5 Å². The molecule has 1 rings (SSSR count). The molecular formula is C13H21O5P. The van der Waals surface area contributed by atoms with Gasteiger partial charge < -0.3 is 18.5 Å². The van der Waals surface area contributed by atoms with E-state index in [1.54, 1.807) is 40.2 Å². The second kappa shape index (κ2) is 7.53. The highest BCUT2D eigenvalue weighted by Gasteiger charge is 2.25. The van der Waals surface area contributed by atoms with Crippen molar-refractivity contribution < 1.29 is 23.1 Å². The van der Waals surface area contributed by atoms with Gasteiger partial charge in [-0.15, -0.1) is 0 Å². The molecule has 0 fully saturated rings. The van der Waals surface area contributed by atoms with Crippen LogP contribution in [-0.2, 0) is 19.8 Å². The number of hydrogen-bond donors (Lipinski definition) is 0. The molecular weight excluding hydrogens is 267 g/mol. The first-order valence-corrected chi connectivity index (χ1v) is 7.90. The van der Waals surface area contributed by atoms with E-state index in [1.807, 2.05) is 6.07 Å². The van der Waals surface area contributed by atoms with Gasteiger partial charge in [0.05, 0.1) is 33.6 Å². The van der Waals surface area contributed by atoms with Crippen LogP contribution < -0.4 is 9.47 Å². The largest absolute Gasteiger partial charge is 0.497 e. The highest BCUT2D eigenvalue weighted by Crippen LogP contribution is 2.52. The lowest BCUT2D eigenvalue weighted by molar-refractivity contribution is 0.219. The third kappa shape index (κ3) is 4.53. The fraction of sp³-hybridized carbons (Fsp3) is 0.538. The van der Waals surface area contributed by atoms with E-state index in [4.69, 9.17) is 18.5 Å². The van der Waals surface area contributed by atoms with Crippen LogP contribution in [0.3, 0.4) is 0 Å². The molecule has 0 spiro atoms. The first-order chi connectivity index (χ1) is 9.08. The second-order valence-corrected chi connectivity index (χ2v) is 5.84. The van der Waals surface area contributed by atoms with Gasteiger partial charge in [0, 0.05) is 11.6 Å². The van der Waals surface area contributed by atoms with Gasteiger partial charge in [0.2, 0.25) is 0 Å². The maximum atomic E-state index is 12.5. The highest BCUT2D eigenvalue weighted by molar-refractivity contribution is 7.53. The molecule has 0 N–H and O–H groups in total. The molecule has 19 heavy (non-hydrogen) atoms. The van der Waals surface area contributed by atoms with Gasteiger partial charge in [-0.2, -0.15) is 0 Å². The summed E-state index contributed by atoms with van der Waals surface area (Å²) in [7, 11) is 0.0174. The predicted molar refractivity (Wildman–Crippen MR) is 74.1 cm³/mol. The molecule has 0 saturated carbocycles. The molecule has 5 nitrogen and oxygen atoms in total.